The van der Waals surface area contributed by atoms with Gasteiger partial charge < -0.3 is 14.8 Å². The first-order chi connectivity index (χ1) is 16.3. The van der Waals surface area contributed by atoms with Gasteiger partial charge in [-0.15, -0.1) is 0 Å². The lowest BCUT2D eigenvalue weighted by Crippen LogP contribution is -2.16. The molecule has 0 atom stereocenters. The molecule has 0 aliphatic heterocycles. The Morgan fingerprint density at radius 3 is 2.47 bits per heavy atom. The van der Waals surface area contributed by atoms with Gasteiger partial charge in [-0.25, -0.2) is 9.50 Å². The van der Waals surface area contributed by atoms with Crippen LogP contribution in [-0.4, -0.2) is 33.7 Å². The van der Waals surface area contributed by atoms with Crippen molar-refractivity contribution in [2.45, 2.75) is 34.6 Å². The van der Waals surface area contributed by atoms with E-state index in [1.165, 1.54) is 0 Å². The minimum absolute atomic E-state index is 0.258. The monoisotopic (exact) mass is 478 g/mol. The molecule has 0 aliphatic carbocycles. The van der Waals surface area contributed by atoms with Crippen molar-refractivity contribution in [2.24, 2.45) is 0 Å². The van der Waals surface area contributed by atoms with Gasteiger partial charge in [-0.1, -0.05) is 17.7 Å². The number of halogens is 1. The third-order valence-corrected chi connectivity index (χ3v) is 5.81. The van der Waals surface area contributed by atoms with Crippen molar-refractivity contribution >= 4 is 28.8 Å². The van der Waals surface area contributed by atoms with Gasteiger partial charge in [0, 0.05) is 22.5 Å². The van der Waals surface area contributed by atoms with Crippen LogP contribution in [0.3, 0.4) is 0 Å². The van der Waals surface area contributed by atoms with E-state index in [0.717, 1.165) is 22.4 Å². The van der Waals surface area contributed by atoms with Crippen molar-refractivity contribution in [3.8, 4) is 22.6 Å². The van der Waals surface area contributed by atoms with E-state index in [9.17, 15) is 4.79 Å². The van der Waals surface area contributed by atoms with Crippen molar-refractivity contribution in [3.05, 3.63) is 70.1 Å². The molecule has 0 spiro atoms. The topological polar surface area (TPSA) is 77.8 Å². The van der Waals surface area contributed by atoms with E-state index in [1.54, 1.807) is 22.8 Å². The van der Waals surface area contributed by atoms with E-state index in [2.05, 4.69) is 15.4 Å². The number of anilines is 1. The lowest BCUT2D eigenvalue weighted by molar-refractivity contribution is 0.102. The molecule has 176 valence electrons. The first-order valence-electron chi connectivity index (χ1n) is 11.2. The predicted molar refractivity (Wildman–Crippen MR) is 134 cm³/mol. The number of fused-ring (bicyclic) bond motifs is 1. The van der Waals surface area contributed by atoms with Crippen LogP contribution in [-0.2, 0) is 0 Å². The minimum Gasteiger partial charge on any atom is -0.490 e. The van der Waals surface area contributed by atoms with Gasteiger partial charge in [0.2, 0.25) is 0 Å². The Bertz CT molecular complexity index is 1380. The third kappa shape index (κ3) is 4.43. The predicted octanol–water partition coefficient (Wildman–Crippen LogP) is 6.02. The molecule has 0 bridgehead atoms. The number of amides is 1. The summed E-state index contributed by atoms with van der Waals surface area (Å²) in [5.41, 5.74) is 5.98. The van der Waals surface area contributed by atoms with Gasteiger partial charge in [0.25, 0.3) is 5.91 Å². The summed E-state index contributed by atoms with van der Waals surface area (Å²) in [7, 11) is 0. The zero-order chi connectivity index (χ0) is 24.4. The number of nitrogens with zero attached hydrogens (tertiary/aromatic N) is 3. The number of benzene rings is 2. The highest BCUT2D eigenvalue weighted by Crippen LogP contribution is 2.36. The third-order valence-electron chi connectivity index (χ3n) is 5.57. The molecule has 0 unspecified atom stereocenters. The SMILES string of the molecule is CCOc1ccc(-c2c(C)nn3c(C)c(C(=O)Nc4ccc(Cl)cc4C)cnc23)cc1OCC. The summed E-state index contributed by atoms with van der Waals surface area (Å²) >= 11 is 6.03. The summed E-state index contributed by atoms with van der Waals surface area (Å²) in [6, 6.07) is 11.2. The summed E-state index contributed by atoms with van der Waals surface area (Å²) in [6.45, 7) is 10.6. The largest absolute Gasteiger partial charge is 0.490 e. The van der Waals surface area contributed by atoms with Crippen LogP contribution >= 0.6 is 11.6 Å². The normalized spacial score (nSPS) is 11.0. The summed E-state index contributed by atoms with van der Waals surface area (Å²) < 4.78 is 13.2. The zero-order valence-electron chi connectivity index (χ0n) is 19.9. The lowest BCUT2D eigenvalue weighted by atomic mass is 10.1. The molecule has 2 aromatic heterocycles. The number of aromatic nitrogens is 3. The number of carbonyl (C=O) groups excluding carboxylic acids is 1. The minimum atomic E-state index is -0.258. The molecular formula is C26H27ClN4O3. The first kappa shape index (κ1) is 23.6. The fourth-order valence-electron chi connectivity index (χ4n) is 3.93. The zero-order valence-corrected chi connectivity index (χ0v) is 20.7. The Morgan fingerprint density at radius 1 is 1.03 bits per heavy atom. The Kier molecular flexibility index (Phi) is 6.75. The number of carbonyl (C=O) groups is 1. The molecule has 0 saturated heterocycles. The average Bonchev–Trinajstić information content (AvgIpc) is 3.14. The van der Waals surface area contributed by atoms with Gasteiger partial charge in [-0.3, -0.25) is 4.79 Å². The molecule has 34 heavy (non-hydrogen) atoms. The van der Waals surface area contributed by atoms with Crippen molar-refractivity contribution in [3.63, 3.8) is 0 Å². The molecule has 4 rings (SSSR count). The molecule has 2 aromatic carbocycles. The van der Waals surface area contributed by atoms with Crippen LogP contribution in [0.2, 0.25) is 5.02 Å². The number of nitrogens with one attached hydrogen (secondary N) is 1. The average molecular weight is 479 g/mol. The van der Waals surface area contributed by atoms with Gasteiger partial charge in [0.15, 0.2) is 17.1 Å². The molecule has 1 amide bonds. The molecule has 0 radical (unpaired) electrons. The van der Waals surface area contributed by atoms with E-state index in [0.29, 0.717) is 52.3 Å². The number of hydrogen-bond donors (Lipinski definition) is 1. The van der Waals surface area contributed by atoms with Gasteiger partial charge in [0.05, 0.1) is 30.2 Å². The number of rotatable bonds is 7. The van der Waals surface area contributed by atoms with Gasteiger partial charge in [0.1, 0.15) is 0 Å². The van der Waals surface area contributed by atoms with Crippen LogP contribution in [0.5, 0.6) is 11.5 Å². The van der Waals surface area contributed by atoms with Crippen LogP contribution in [0.4, 0.5) is 5.69 Å². The standard InChI is InChI=1S/C26H27ClN4O3/c1-6-33-22-11-8-18(13-23(22)34-7-2)24-16(4)30-31-17(5)20(14-28-25(24)31)26(32)29-21-10-9-19(27)12-15(21)3/h8-14H,6-7H2,1-5H3,(H,29,32). The highest BCUT2D eigenvalue weighted by Gasteiger charge is 2.20. The van der Waals surface area contributed by atoms with Crippen molar-refractivity contribution < 1.29 is 14.3 Å². The van der Waals surface area contributed by atoms with Gasteiger partial charge >= 0.3 is 0 Å². The van der Waals surface area contributed by atoms with Crippen molar-refractivity contribution in [1.82, 2.24) is 14.6 Å². The summed E-state index contributed by atoms with van der Waals surface area (Å²) in [4.78, 5) is 17.7. The molecule has 0 fully saturated rings. The first-order valence-corrected chi connectivity index (χ1v) is 11.5. The second-order valence-corrected chi connectivity index (χ2v) is 8.33. The highest BCUT2D eigenvalue weighted by atomic mass is 35.5. The molecule has 4 aromatic rings. The molecule has 8 heteroatoms. The molecule has 2 heterocycles. The quantitative estimate of drug-likeness (QED) is 0.351. The van der Waals surface area contributed by atoms with Crippen LogP contribution in [0.25, 0.3) is 16.8 Å². The van der Waals surface area contributed by atoms with E-state index >= 15 is 0 Å². The summed E-state index contributed by atoms with van der Waals surface area (Å²) in [5, 5.41) is 8.25. The Morgan fingerprint density at radius 2 is 1.76 bits per heavy atom. The van der Waals surface area contributed by atoms with Crippen molar-refractivity contribution in [2.75, 3.05) is 18.5 Å². The lowest BCUT2D eigenvalue weighted by Gasteiger charge is -2.13. The highest BCUT2D eigenvalue weighted by molar-refractivity contribution is 6.30. The second kappa shape index (κ2) is 9.73. The van der Waals surface area contributed by atoms with Crippen LogP contribution in [0.1, 0.15) is 41.2 Å². The summed E-state index contributed by atoms with van der Waals surface area (Å²) in [6.07, 6.45) is 1.59. The number of hydrogen-bond acceptors (Lipinski definition) is 5. The Labute approximate surface area is 203 Å². The molecule has 0 aliphatic rings. The molecular weight excluding hydrogens is 452 g/mol. The molecule has 0 saturated carbocycles. The molecule has 7 nitrogen and oxygen atoms in total. The second-order valence-electron chi connectivity index (χ2n) is 7.89. The fourth-order valence-corrected chi connectivity index (χ4v) is 4.15. The molecule has 1 N–H and O–H groups in total. The Balaban J connectivity index is 1.74. The maximum absolute atomic E-state index is 13.0. The van der Waals surface area contributed by atoms with Crippen LogP contribution < -0.4 is 14.8 Å². The summed E-state index contributed by atoms with van der Waals surface area (Å²) in [5.74, 6) is 1.11. The smallest absolute Gasteiger partial charge is 0.259 e. The number of ether oxygens (including phenoxy) is 2. The maximum atomic E-state index is 13.0. The number of aryl methyl sites for hydroxylation is 3. The Hall–Kier alpha value is -3.58. The van der Waals surface area contributed by atoms with Gasteiger partial charge in [-0.05, 0) is 76.1 Å². The van der Waals surface area contributed by atoms with E-state index in [-0.39, 0.29) is 5.91 Å². The van der Waals surface area contributed by atoms with Crippen LogP contribution in [0, 0.1) is 20.8 Å². The van der Waals surface area contributed by atoms with Crippen LogP contribution in [0.15, 0.2) is 42.6 Å². The van der Waals surface area contributed by atoms with Crippen molar-refractivity contribution in [1.29, 1.82) is 0 Å². The maximum Gasteiger partial charge on any atom is 0.259 e. The van der Waals surface area contributed by atoms with Gasteiger partial charge in [-0.2, -0.15) is 5.10 Å². The van der Waals surface area contributed by atoms with E-state index < -0.39 is 0 Å². The van der Waals surface area contributed by atoms with E-state index in [4.69, 9.17) is 21.1 Å². The fraction of sp³-hybridized carbons (Fsp3) is 0.269. The van der Waals surface area contributed by atoms with E-state index in [1.807, 2.05) is 58.9 Å².